The first-order valence-corrected chi connectivity index (χ1v) is 6.87. The molecule has 17 heavy (non-hydrogen) atoms. The molecule has 1 aliphatic carbocycles. The Balaban J connectivity index is 2.02. The van der Waals surface area contributed by atoms with Gasteiger partial charge in [0.05, 0.1) is 4.75 Å². The number of hydrogen-bond acceptors (Lipinski definition) is 4. The molecule has 0 saturated heterocycles. The van der Waals surface area contributed by atoms with E-state index in [0.717, 1.165) is 12.8 Å². The Morgan fingerprint density at radius 1 is 1.59 bits per heavy atom. The highest BCUT2D eigenvalue weighted by molar-refractivity contribution is 7.86. The van der Waals surface area contributed by atoms with E-state index in [1.54, 1.807) is 18.4 Å². The Kier molecular flexibility index (Phi) is 3.15. The third kappa shape index (κ3) is 2.63. The summed E-state index contributed by atoms with van der Waals surface area (Å²) in [5, 5.41) is 11.9. The zero-order chi connectivity index (χ0) is 12.5. The fourth-order valence-corrected chi connectivity index (χ4v) is 2.56. The van der Waals surface area contributed by atoms with E-state index in [1.165, 1.54) is 6.07 Å². The predicted molar refractivity (Wildman–Crippen MR) is 65.7 cm³/mol. The first-order valence-electron chi connectivity index (χ1n) is 5.31. The summed E-state index contributed by atoms with van der Waals surface area (Å²) in [4.78, 5) is 14.7. The standard InChI is InChI=1S/C11H14N2O3S/c1-17(16)11(5-6-11)7-12-9-4-2-3-8(13-9)10(14)15/h2-4H,5-7H2,1H3,(H,12,13)(H,14,15). The van der Waals surface area contributed by atoms with E-state index in [2.05, 4.69) is 10.3 Å². The molecule has 92 valence electrons. The maximum absolute atomic E-state index is 11.5. The molecule has 1 fully saturated rings. The van der Waals surface area contributed by atoms with E-state index in [9.17, 15) is 9.00 Å². The smallest absolute Gasteiger partial charge is 0.354 e. The lowest BCUT2D eigenvalue weighted by molar-refractivity contribution is 0.0690. The number of carboxylic acids is 1. The van der Waals surface area contributed by atoms with Gasteiger partial charge >= 0.3 is 5.97 Å². The van der Waals surface area contributed by atoms with E-state index in [1.807, 2.05) is 0 Å². The number of carboxylic acid groups (broad SMARTS) is 1. The number of hydrogen-bond donors (Lipinski definition) is 2. The van der Waals surface area contributed by atoms with E-state index >= 15 is 0 Å². The van der Waals surface area contributed by atoms with Crippen molar-refractivity contribution < 1.29 is 14.1 Å². The lowest BCUT2D eigenvalue weighted by atomic mass is 10.3. The number of pyridine rings is 1. The summed E-state index contributed by atoms with van der Waals surface area (Å²) in [7, 11) is -0.859. The van der Waals surface area contributed by atoms with Crippen LogP contribution >= 0.6 is 0 Å². The molecule has 0 aliphatic heterocycles. The van der Waals surface area contributed by atoms with Crippen LogP contribution < -0.4 is 5.32 Å². The molecule has 1 aliphatic rings. The number of carbonyl (C=O) groups is 1. The second-order valence-corrected chi connectivity index (χ2v) is 5.98. The van der Waals surface area contributed by atoms with Gasteiger partial charge in [0.15, 0.2) is 5.69 Å². The van der Waals surface area contributed by atoms with Crippen molar-refractivity contribution in [3.8, 4) is 0 Å². The van der Waals surface area contributed by atoms with E-state index in [4.69, 9.17) is 5.11 Å². The Morgan fingerprint density at radius 2 is 2.29 bits per heavy atom. The van der Waals surface area contributed by atoms with Gasteiger partial charge in [0.1, 0.15) is 5.82 Å². The Bertz CT molecular complexity index is 472. The Hall–Kier alpha value is -1.43. The third-order valence-corrected chi connectivity index (χ3v) is 4.75. The molecule has 1 heterocycles. The highest BCUT2D eigenvalue weighted by Crippen LogP contribution is 2.40. The van der Waals surface area contributed by atoms with Crippen molar-refractivity contribution in [1.82, 2.24) is 4.98 Å². The maximum atomic E-state index is 11.5. The van der Waals surface area contributed by atoms with Crippen molar-refractivity contribution in [2.24, 2.45) is 0 Å². The van der Waals surface area contributed by atoms with Gasteiger partial charge in [0.2, 0.25) is 0 Å². The number of rotatable bonds is 5. The average molecular weight is 254 g/mol. The molecule has 1 unspecified atom stereocenters. The average Bonchev–Trinajstić information content (AvgIpc) is 3.08. The van der Waals surface area contributed by atoms with Crippen molar-refractivity contribution in [2.45, 2.75) is 17.6 Å². The van der Waals surface area contributed by atoms with Gasteiger partial charge in [-0.3, -0.25) is 4.21 Å². The van der Waals surface area contributed by atoms with Crippen molar-refractivity contribution >= 4 is 22.6 Å². The lowest BCUT2D eigenvalue weighted by Crippen LogP contribution is -2.26. The fourth-order valence-electron chi connectivity index (χ4n) is 1.61. The summed E-state index contributed by atoms with van der Waals surface area (Å²) in [6.45, 7) is 0.576. The van der Waals surface area contributed by atoms with Gasteiger partial charge in [-0.2, -0.15) is 0 Å². The molecule has 0 bridgehead atoms. The molecule has 0 aromatic carbocycles. The summed E-state index contributed by atoms with van der Waals surface area (Å²) in [5.41, 5.74) is 0.0115. The topological polar surface area (TPSA) is 79.3 Å². The zero-order valence-electron chi connectivity index (χ0n) is 9.47. The fraction of sp³-hybridized carbons (Fsp3) is 0.455. The van der Waals surface area contributed by atoms with Crippen LogP contribution in [0.3, 0.4) is 0 Å². The molecule has 6 heteroatoms. The minimum Gasteiger partial charge on any atom is -0.477 e. The summed E-state index contributed by atoms with van der Waals surface area (Å²) in [6, 6.07) is 4.79. The Morgan fingerprint density at radius 3 is 2.82 bits per heavy atom. The highest BCUT2D eigenvalue weighted by atomic mass is 32.2. The summed E-state index contributed by atoms with van der Waals surface area (Å²) in [5.74, 6) is -0.532. The minimum absolute atomic E-state index is 0.0115. The van der Waals surface area contributed by atoms with E-state index in [-0.39, 0.29) is 10.4 Å². The second kappa shape index (κ2) is 4.44. The van der Waals surface area contributed by atoms with Gasteiger partial charge in [-0.1, -0.05) is 6.07 Å². The SMILES string of the molecule is CS(=O)C1(CNc2cccc(C(=O)O)n2)CC1. The predicted octanol–water partition coefficient (Wildman–Crippen LogP) is 1.10. The first kappa shape index (κ1) is 12.0. The zero-order valence-corrected chi connectivity index (χ0v) is 10.3. The molecule has 5 nitrogen and oxygen atoms in total. The van der Waals surface area contributed by atoms with Gasteiger partial charge in [-0.05, 0) is 25.0 Å². The molecule has 1 aromatic heterocycles. The van der Waals surface area contributed by atoms with Gasteiger partial charge < -0.3 is 10.4 Å². The van der Waals surface area contributed by atoms with Crippen LogP contribution in [0.4, 0.5) is 5.82 Å². The number of anilines is 1. The van der Waals surface area contributed by atoms with Crippen LogP contribution in [0.2, 0.25) is 0 Å². The molecule has 0 spiro atoms. The van der Waals surface area contributed by atoms with Crippen LogP contribution in [-0.2, 0) is 10.8 Å². The number of aromatic carboxylic acids is 1. The number of aromatic nitrogens is 1. The van der Waals surface area contributed by atoms with Gasteiger partial charge in [-0.15, -0.1) is 0 Å². The molecular formula is C11H14N2O3S. The molecule has 0 radical (unpaired) electrons. The molecule has 1 aromatic rings. The summed E-state index contributed by atoms with van der Waals surface area (Å²) >= 11 is 0. The molecular weight excluding hydrogens is 240 g/mol. The lowest BCUT2D eigenvalue weighted by Gasteiger charge is -2.13. The quantitative estimate of drug-likeness (QED) is 0.822. The monoisotopic (exact) mass is 254 g/mol. The van der Waals surface area contributed by atoms with Crippen molar-refractivity contribution in [3.05, 3.63) is 23.9 Å². The highest BCUT2D eigenvalue weighted by Gasteiger charge is 2.46. The van der Waals surface area contributed by atoms with Gasteiger partial charge in [0, 0.05) is 23.6 Å². The summed E-state index contributed by atoms with van der Waals surface area (Å²) < 4.78 is 11.3. The molecule has 1 saturated carbocycles. The van der Waals surface area contributed by atoms with Crippen molar-refractivity contribution in [3.63, 3.8) is 0 Å². The Labute approximate surface area is 102 Å². The molecule has 2 rings (SSSR count). The van der Waals surface area contributed by atoms with Gasteiger partial charge in [-0.25, -0.2) is 9.78 Å². The third-order valence-electron chi connectivity index (χ3n) is 2.98. The van der Waals surface area contributed by atoms with Crippen LogP contribution in [0.5, 0.6) is 0 Å². The second-order valence-electron chi connectivity index (χ2n) is 4.20. The van der Waals surface area contributed by atoms with Crippen LogP contribution in [0.25, 0.3) is 0 Å². The van der Waals surface area contributed by atoms with Crippen molar-refractivity contribution in [1.29, 1.82) is 0 Å². The van der Waals surface area contributed by atoms with Gasteiger partial charge in [0.25, 0.3) is 0 Å². The number of nitrogens with zero attached hydrogens (tertiary/aromatic N) is 1. The van der Waals surface area contributed by atoms with Crippen LogP contribution in [0.15, 0.2) is 18.2 Å². The number of nitrogens with one attached hydrogen (secondary N) is 1. The van der Waals surface area contributed by atoms with E-state index < -0.39 is 16.8 Å². The maximum Gasteiger partial charge on any atom is 0.354 e. The van der Waals surface area contributed by atoms with Crippen LogP contribution in [0.1, 0.15) is 23.3 Å². The van der Waals surface area contributed by atoms with Crippen LogP contribution in [0, 0.1) is 0 Å². The van der Waals surface area contributed by atoms with Crippen molar-refractivity contribution in [2.75, 3.05) is 18.1 Å². The minimum atomic E-state index is -1.05. The van der Waals surface area contributed by atoms with E-state index in [0.29, 0.717) is 12.4 Å². The summed E-state index contributed by atoms with van der Waals surface area (Å²) in [6.07, 6.45) is 3.60. The van der Waals surface area contributed by atoms with Crippen LogP contribution in [-0.4, -0.2) is 37.8 Å². The normalized spacial score (nSPS) is 18.4. The molecule has 0 amide bonds. The molecule has 1 atom stereocenters. The molecule has 2 N–H and O–H groups in total. The largest absolute Gasteiger partial charge is 0.477 e. The first-order chi connectivity index (χ1) is 8.03.